The highest BCUT2D eigenvalue weighted by Crippen LogP contribution is 1.92. The Labute approximate surface area is 47.8 Å². The molecule has 0 aliphatic carbocycles. The first-order valence-electron chi connectivity index (χ1n) is 2.38. The Morgan fingerprint density at radius 2 is 2.75 bits per heavy atom. The highest BCUT2D eigenvalue weighted by molar-refractivity contribution is 5.05. The number of hydrogen-bond donors (Lipinski definition) is 0. The van der Waals surface area contributed by atoms with Crippen molar-refractivity contribution in [2.45, 2.75) is 6.92 Å². The number of nitrogens with zero attached hydrogens (tertiary/aromatic N) is 1. The van der Waals surface area contributed by atoms with Crippen LogP contribution in [0.4, 0.5) is 0 Å². The van der Waals surface area contributed by atoms with Crippen LogP contribution in [0.1, 0.15) is 12.6 Å². The van der Waals surface area contributed by atoms with E-state index in [-0.39, 0.29) is 0 Å². The van der Waals surface area contributed by atoms with Crippen molar-refractivity contribution in [2.75, 3.05) is 0 Å². The SMILES string of the molecule is C/C=[C]/c1ccon1. The summed E-state index contributed by atoms with van der Waals surface area (Å²) in [7, 11) is 0. The largest absolute Gasteiger partial charge is 0.364 e. The van der Waals surface area contributed by atoms with E-state index in [0.717, 1.165) is 5.69 Å². The molecule has 0 unspecified atom stereocenters. The van der Waals surface area contributed by atoms with E-state index in [1.54, 1.807) is 12.1 Å². The van der Waals surface area contributed by atoms with Gasteiger partial charge >= 0.3 is 0 Å². The first-order chi connectivity index (χ1) is 3.93. The van der Waals surface area contributed by atoms with Crippen molar-refractivity contribution in [3.8, 4) is 0 Å². The summed E-state index contributed by atoms with van der Waals surface area (Å²) in [6.07, 6.45) is 6.17. The van der Waals surface area contributed by atoms with Gasteiger partial charge in [0.15, 0.2) is 0 Å². The third-order valence-electron chi connectivity index (χ3n) is 0.730. The molecule has 0 fully saturated rings. The topological polar surface area (TPSA) is 26.0 Å². The molecular formula is C6H6NO. The minimum absolute atomic E-state index is 0.743. The van der Waals surface area contributed by atoms with Crippen LogP contribution in [-0.4, -0.2) is 5.16 Å². The number of aromatic nitrogens is 1. The van der Waals surface area contributed by atoms with Crippen LogP contribution >= 0.6 is 0 Å². The third-order valence-corrected chi connectivity index (χ3v) is 0.730. The van der Waals surface area contributed by atoms with E-state index in [4.69, 9.17) is 0 Å². The Bertz CT molecular complexity index is 165. The van der Waals surface area contributed by atoms with Crippen LogP contribution in [0.2, 0.25) is 0 Å². The molecule has 0 atom stereocenters. The van der Waals surface area contributed by atoms with Crippen molar-refractivity contribution in [3.05, 3.63) is 30.2 Å². The van der Waals surface area contributed by atoms with Crippen LogP contribution in [0.5, 0.6) is 0 Å². The van der Waals surface area contributed by atoms with Crippen molar-refractivity contribution < 1.29 is 4.52 Å². The quantitative estimate of drug-likeness (QED) is 0.543. The van der Waals surface area contributed by atoms with E-state index in [0.29, 0.717) is 0 Å². The van der Waals surface area contributed by atoms with Gasteiger partial charge in [-0.15, -0.1) is 0 Å². The molecule has 0 spiro atoms. The molecule has 0 N–H and O–H groups in total. The lowest BCUT2D eigenvalue weighted by Gasteiger charge is -1.70. The van der Waals surface area contributed by atoms with Gasteiger partial charge in [0.2, 0.25) is 0 Å². The molecule has 1 aromatic rings. The third kappa shape index (κ3) is 0.964. The number of rotatable bonds is 1. The molecule has 0 bridgehead atoms. The molecule has 2 nitrogen and oxygen atoms in total. The number of allylic oxidation sites excluding steroid dienone is 1. The van der Waals surface area contributed by atoms with Crippen LogP contribution < -0.4 is 0 Å². The van der Waals surface area contributed by atoms with Gasteiger partial charge in [0, 0.05) is 12.1 Å². The molecule has 0 amide bonds. The Morgan fingerprint density at radius 3 is 3.25 bits per heavy atom. The van der Waals surface area contributed by atoms with Crippen molar-refractivity contribution in [2.24, 2.45) is 0 Å². The summed E-state index contributed by atoms with van der Waals surface area (Å²) in [5.41, 5.74) is 0.743. The monoisotopic (exact) mass is 108 g/mol. The van der Waals surface area contributed by atoms with Crippen LogP contribution in [0.25, 0.3) is 0 Å². The lowest BCUT2D eigenvalue weighted by molar-refractivity contribution is 0.416. The molecular weight excluding hydrogens is 102 g/mol. The van der Waals surface area contributed by atoms with Gasteiger partial charge in [-0.1, -0.05) is 11.2 Å². The van der Waals surface area contributed by atoms with Gasteiger partial charge in [0.05, 0.1) is 0 Å². The first kappa shape index (κ1) is 5.09. The molecule has 0 saturated heterocycles. The fourth-order valence-electron chi connectivity index (χ4n) is 0.435. The van der Waals surface area contributed by atoms with Gasteiger partial charge < -0.3 is 4.52 Å². The summed E-state index contributed by atoms with van der Waals surface area (Å²) in [6.45, 7) is 1.88. The molecule has 0 saturated carbocycles. The van der Waals surface area contributed by atoms with Crippen LogP contribution in [-0.2, 0) is 0 Å². The summed E-state index contributed by atoms with van der Waals surface area (Å²) in [5.74, 6) is 0. The number of hydrogen-bond acceptors (Lipinski definition) is 2. The van der Waals surface area contributed by atoms with Crippen molar-refractivity contribution in [3.63, 3.8) is 0 Å². The van der Waals surface area contributed by atoms with Crippen LogP contribution in [0, 0.1) is 6.08 Å². The van der Waals surface area contributed by atoms with E-state index in [2.05, 4.69) is 15.8 Å². The van der Waals surface area contributed by atoms with Gasteiger partial charge in [-0.2, -0.15) is 0 Å². The van der Waals surface area contributed by atoms with Crippen molar-refractivity contribution in [1.29, 1.82) is 0 Å². The highest BCUT2D eigenvalue weighted by atomic mass is 16.5. The standard InChI is InChI=1S/C6H6NO/c1-2-3-6-4-5-8-7-6/h2,4-5H,1H3. The van der Waals surface area contributed by atoms with Crippen LogP contribution in [0.15, 0.2) is 22.9 Å². The predicted molar refractivity (Wildman–Crippen MR) is 29.1 cm³/mol. The second-order valence-electron chi connectivity index (χ2n) is 1.32. The summed E-state index contributed by atoms with van der Waals surface area (Å²) >= 11 is 0. The Morgan fingerprint density at radius 1 is 1.88 bits per heavy atom. The zero-order valence-corrected chi connectivity index (χ0v) is 4.59. The zero-order chi connectivity index (χ0) is 5.82. The molecule has 1 radical (unpaired) electrons. The molecule has 1 rings (SSSR count). The van der Waals surface area contributed by atoms with Crippen molar-refractivity contribution >= 4 is 0 Å². The van der Waals surface area contributed by atoms with E-state index >= 15 is 0 Å². The lowest BCUT2D eigenvalue weighted by atomic mass is 10.4. The maximum Gasteiger partial charge on any atom is 0.124 e. The van der Waals surface area contributed by atoms with Gasteiger partial charge in [0.25, 0.3) is 0 Å². The van der Waals surface area contributed by atoms with E-state index in [1.807, 2.05) is 6.92 Å². The highest BCUT2D eigenvalue weighted by Gasteiger charge is 1.84. The molecule has 1 heterocycles. The van der Waals surface area contributed by atoms with Gasteiger partial charge in [-0.25, -0.2) is 0 Å². The normalized spacial score (nSPS) is 10.6. The van der Waals surface area contributed by atoms with Gasteiger partial charge in [-0.3, -0.25) is 0 Å². The molecule has 2 heteroatoms. The van der Waals surface area contributed by atoms with Crippen LogP contribution in [0.3, 0.4) is 0 Å². The van der Waals surface area contributed by atoms with Gasteiger partial charge in [0.1, 0.15) is 12.0 Å². The zero-order valence-electron chi connectivity index (χ0n) is 4.59. The first-order valence-corrected chi connectivity index (χ1v) is 2.38. The Hall–Kier alpha value is -1.05. The minimum atomic E-state index is 0.743. The minimum Gasteiger partial charge on any atom is -0.364 e. The van der Waals surface area contributed by atoms with E-state index in [1.165, 1.54) is 6.26 Å². The van der Waals surface area contributed by atoms with Crippen molar-refractivity contribution in [1.82, 2.24) is 5.16 Å². The smallest absolute Gasteiger partial charge is 0.124 e. The lowest BCUT2D eigenvalue weighted by Crippen LogP contribution is -1.66. The van der Waals surface area contributed by atoms with E-state index in [9.17, 15) is 0 Å². The molecule has 41 valence electrons. The maximum atomic E-state index is 4.53. The fraction of sp³-hybridized carbons (Fsp3) is 0.167. The summed E-state index contributed by atoms with van der Waals surface area (Å²) in [6, 6.07) is 1.75. The molecule has 0 aliphatic heterocycles. The fourth-order valence-corrected chi connectivity index (χ4v) is 0.435. The predicted octanol–water partition coefficient (Wildman–Crippen LogP) is 1.40. The average molecular weight is 108 g/mol. The molecule has 1 aromatic heterocycles. The average Bonchev–Trinajstić information content (AvgIpc) is 2.19. The molecule has 8 heavy (non-hydrogen) atoms. The summed E-state index contributed by atoms with van der Waals surface area (Å²) < 4.78 is 4.53. The maximum absolute atomic E-state index is 4.53. The Balaban J connectivity index is 2.77. The van der Waals surface area contributed by atoms with Gasteiger partial charge in [-0.05, 0) is 6.92 Å². The second-order valence-corrected chi connectivity index (χ2v) is 1.32. The van der Waals surface area contributed by atoms with E-state index < -0.39 is 0 Å². The summed E-state index contributed by atoms with van der Waals surface area (Å²) in [4.78, 5) is 0. The summed E-state index contributed by atoms with van der Waals surface area (Å²) in [5, 5.41) is 3.59. The Kier molecular flexibility index (Phi) is 1.47. The molecule has 0 aliphatic rings. The molecule has 0 aromatic carbocycles. The second kappa shape index (κ2) is 2.31.